The van der Waals surface area contributed by atoms with Crippen LogP contribution < -0.4 is 5.73 Å². The van der Waals surface area contributed by atoms with Crippen LogP contribution in [0.15, 0.2) is 4.42 Å². The summed E-state index contributed by atoms with van der Waals surface area (Å²) in [5.41, 5.74) is 5.30. The van der Waals surface area contributed by atoms with Crippen molar-refractivity contribution in [1.82, 2.24) is 10.2 Å². The van der Waals surface area contributed by atoms with Gasteiger partial charge in [-0.2, -0.15) is 0 Å². The third-order valence-electron chi connectivity index (χ3n) is 1.42. The molecule has 0 saturated carbocycles. The van der Waals surface area contributed by atoms with Gasteiger partial charge in [-0.1, -0.05) is 0 Å². The Morgan fingerprint density at radius 2 is 2.17 bits per heavy atom. The van der Waals surface area contributed by atoms with Gasteiger partial charge in [0, 0.05) is 20.1 Å². The molecule has 0 unspecified atom stereocenters. The summed E-state index contributed by atoms with van der Waals surface area (Å²) in [5, 5.41) is 7.54. The summed E-state index contributed by atoms with van der Waals surface area (Å²) in [4.78, 5) is 0. The van der Waals surface area contributed by atoms with Crippen LogP contribution in [0.4, 0.5) is 0 Å². The van der Waals surface area contributed by atoms with E-state index >= 15 is 0 Å². The highest BCUT2D eigenvalue weighted by molar-refractivity contribution is 4.80. The van der Waals surface area contributed by atoms with Gasteiger partial charge in [0.1, 0.15) is 0 Å². The summed E-state index contributed by atoms with van der Waals surface area (Å²) < 4.78 is 10.1. The highest BCUT2D eigenvalue weighted by atomic mass is 16.5. The molecule has 0 atom stereocenters. The molecule has 0 bridgehead atoms. The van der Waals surface area contributed by atoms with E-state index in [0.29, 0.717) is 24.9 Å². The molecular formula is C7H13N3O2. The Kier molecular flexibility index (Phi) is 3.69. The molecule has 2 N–H and O–H groups in total. The Morgan fingerprint density at radius 3 is 2.75 bits per heavy atom. The lowest BCUT2D eigenvalue weighted by atomic mass is 10.3. The number of methoxy groups -OCH3 is 1. The van der Waals surface area contributed by atoms with Crippen LogP contribution in [0.3, 0.4) is 0 Å². The number of nitrogens with zero attached hydrogens (tertiary/aromatic N) is 2. The quantitative estimate of drug-likeness (QED) is 0.636. The Hall–Kier alpha value is -0.940. The van der Waals surface area contributed by atoms with Gasteiger partial charge in [0.15, 0.2) is 0 Å². The second-order valence-electron chi connectivity index (χ2n) is 2.39. The molecule has 68 valence electrons. The fourth-order valence-corrected chi connectivity index (χ4v) is 0.840. The third kappa shape index (κ3) is 2.60. The van der Waals surface area contributed by atoms with Gasteiger partial charge in [-0.15, -0.1) is 10.2 Å². The number of hydrogen-bond acceptors (Lipinski definition) is 5. The number of ether oxygens (including phenoxy) is 1. The van der Waals surface area contributed by atoms with E-state index in [1.165, 1.54) is 0 Å². The van der Waals surface area contributed by atoms with Crippen LogP contribution in [0.1, 0.15) is 18.2 Å². The van der Waals surface area contributed by atoms with E-state index < -0.39 is 0 Å². The fraction of sp³-hybridized carbons (Fsp3) is 0.714. The zero-order chi connectivity index (χ0) is 8.81. The number of rotatable bonds is 5. The zero-order valence-corrected chi connectivity index (χ0v) is 7.12. The lowest BCUT2D eigenvalue weighted by Crippen LogP contribution is -1.95. The van der Waals surface area contributed by atoms with Crippen LogP contribution in [-0.4, -0.2) is 23.9 Å². The smallest absolute Gasteiger partial charge is 0.230 e. The molecule has 12 heavy (non-hydrogen) atoms. The second-order valence-corrected chi connectivity index (χ2v) is 2.39. The van der Waals surface area contributed by atoms with Crippen molar-refractivity contribution in [3.63, 3.8) is 0 Å². The molecule has 5 nitrogen and oxygen atoms in total. The summed E-state index contributed by atoms with van der Waals surface area (Å²) in [7, 11) is 1.67. The lowest BCUT2D eigenvalue weighted by Gasteiger charge is -1.93. The Balaban J connectivity index is 2.31. The molecule has 0 aliphatic heterocycles. The minimum atomic E-state index is 0.303. The molecule has 1 rings (SSSR count). The first kappa shape index (κ1) is 9.15. The molecule has 0 aromatic carbocycles. The second kappa shape index (κ2) is 4.84. The average Bonchev–Trinajstić information content (AvgIpc) is 2.53. The minimum Gasteiger partial charge on any atom is -0.424 e. The van der Waals surface area contributed by atoms with Crippen molar-refractivity contribution in [1.29, 1.82) is 0 Å². The summed E-state index contributed by atoms with van der Waals surface area (Å²) >= 11 is 0. The van der Waals surface area contributed by atoms with E-state index in [9.17, 15) is 0 Å². The normalized spacial score (nSPS) is 10.5. The van der Waals surface area contributed by atoms with Crippen LogP contribution in [0.25, 0.3) is 0 Å². The highest BCUT2D eigenvalue weighted by Crippen LogP contribution is 2.01. The lowest BCUT2D eigenvalue weighted by molar-refractivity contribution is 0.192. The van der Waals surface area contributed by atoms with Crippen LogP contribution in [0.5, 0.6) is 0 Å². The largest absolute Gasteiger partial charge is 0.424 e. The Labute approximate surface area is 70.9 Å². The van der Waals surface area contributed by atoms with E-state index in [2.05, 4.69) is 10.2 Å². The first-order valence-electron chi connectivity index (χ1n) is 3.87. The van der Waals surface area contributed by atoms with Crippen molar-refractivity contribution in [3.05, 3.63) is 11.8 Å². The molecule has 1 aromatic heterocycles. The number of aryl methyl sites for hydroxylation is 1. The van der Waals surface area contributed by atoms with Gasteiger partial charge in [-0.05, 0) is 6.42 Å². The highest BCUT2D eigenvalue weighted by Gasteiger charge is 2.02. The topological polar surface area (TPSA) is 74.2 Å². The number of hydrogen-bond donors (Lipinski definition) is 1. The maximum absolute atomic E-state index is 5.30. The van der Waals surface area contributed by atoms with Crippen molar-refractivity contribution in [2.45, 2.75) is 19.4 Å². The molecule has 5 heteroatoms. The van der Waals surface area contributed by atoms with Crippen LogP contribution in [0.2, 0.25) is 0 Å². The van der Waals surface area contributed by atoms with Gasteiger partial charge in [-0.3, -0.25) is 0 Å². The van der Waals surface area contributed by atoms with E-state index in [0.717, 1.165) is 12.8 Å². The van der Waals surface area contributed by atoms with Crippen molar-refractivity contribution >= 4 is 0 Å². The zero-order valence-electron chi connectivity index (χ0n) is 7.12. The maximum atomic E-state index is 5.30. The fourth-order valence-electron chi connectivity index (χ4n) is 0.840. The summed E-state index contributed by atoms with van der Waals surface area (Å²) in [6.45, 7) is 1.01. The summed E-state index contributed by atoms with van der Waals surface area (Å²) in [6, 6.07) is 0. The van der Waals surface area contributed by atoms with Crippen molar-refractivity contribution < 1.29 is 9.15 Å². The van der Waals surface area contributed by atoms with Gasteiger partial charge in [-0.25, -0.2) is 0 Å². The van der Waals surface area contributed by atoms with Crippen molar-refractivity contribution in [2.75, 3.05) is 13.7 Å². The van der Waals surface area contributed by atoms with Gasteiger partial charge in [0.05, 0.1) is 6.54 Å². The number of nitrogens with two attached hydrogens (primary N) is 1. The summed E-state index contributed by atoms with van der Waals surface area (Å²) in [6.07, 6.45) is 1.64. The standard InChI is InChI=1S/C7H13N3O2/c1-11-4-2-3-6-9-10-7(5-8)12-6/h2-5,8H2,1H3. The van der Waals surface area contributed by atoms with E-state index in [1.807, 2.05) is 0 Å². The molecule has 0 amide bonds. The van der Waals surface area contributed by atoms with Crippen LogP contribution >= 0.6 is 0 Å². The molecule has 0 saturated heterocycles. The first-order valence-corrected chi connectivity index (χ1v) is 3.87. The molecule has 0 fully saturated rings. The Bertz CT molecular complexity index is 224. The molecule has 1 aromatic rings. The maximum Gasteiger partial charge on any atom is 0.230 e. The third-order valence-corrected chi connectivity index (χ3v) is 1.42. The molecule has 0 radical (unpaired) electrons. The van der Waals surface area contributed by atoms with Crippen LogP contribution in [0, 0.1) is 0 Å². The van der Waals surface area contributed by atoms with Crippen molar-refractivity contribution in [3.8, 4) is 0 Å². The minimum absolute atomic E-state index is 0.303. The van der Waals surface area contributed by atoms with Gasteiger partial charge in [0.2, 0.25) is 11.8 Å². The van der Waals surface area contributed by atoms with E-state index in [4.69, 9.17) is 14.9 Å². The average molecular weight is 171 g/mol. The summed E-state index contributed by atoms with van der Waals surface area (Å²) in [5.74, 6) is 1.12. The van der Waals surface area contributed by atoms with E-state index in [1.54, 1.807) is 7.11 Å². The van der Waals surface area contributed by atoms with Crippen molar-refractivity contribution in [2.24, 2.45) is 5.73 Å². The van der Waals surface area contributed by atoms with E-state index in [-0.39, 0.29) is 0 Å². The predicted molar refractivity (Wildman–Crippen MR) is 42.4 cm³/mol. The Morgan fingerprint density at radius 1 is 1.42 bits per heavy atom. The SMILES string of the molecule is COCCCc1nnc(CN)o1. The molecule has 0 aliphatic rings. The molecule has 0 spiro atoms. The van der Waals surface area contributed by atoms with Gasteiger partial charge < -0.3 is 14.9 Å². The van der Waals surface area contributed by atoms with Gasteiger partial charge >= 0.3 is 0 Å². The molecule has 0 aliphatic carbocycles. The predicted octanol–water partition coefficient (Wildman–Crippen LogP) is 0.107. The number of aromatic nitrogens is 2. The first-order chi connectivity index (χ1) is 5.86. The van der Waals surface area contributed by atoms with Crippen LogP contribution in [-0.2, 0) is 17.7 Å². The molecular weight excluding hydrogens is 158 g/mol. The monoisotopic (exact) mass is 171 g/mol. The van der Waals surface area contributed by atoms with Gasteiger partial charge in [0.25, 0.3) is 0 Å². The molecule has 1 heterocycles.